The van der Waals surface area contributed by atoms with Gasteiger partial charge in [0.05, 0.1) is 0 Å². The molecule has 1 aromatic carbocycles. The van der Waals surface area contributed by atoms with Crippen molar-refractivity contribution >= 4 is 12.2 Å². The summed E-state index contributed by atoms with van der Waals surface area (Å²) in [5, 5.41) is 0. The van der Waals surface area contributed by atoms with Gasteiger partial charge in [0.25, 0.3) is 0 Å². The van der Waals surface area contributed by atoms with E-state index in [2.05, 4.69) is 55.7 Å². The highest BCUT2D eigenvalue weighted by molar-refractivity contribution is 5.54. The van der Waals surface area contributed by atoms with Gasteiger partial charge in [0.1, 0.15) is 0 Å². The minimum atomic E-state index is 0.729. The number of hydrogen-bond donors (Lipinski definition) is 0. The second-order valence-corrected chi connectivity index (χ2v) is 4.80. The third-order valence-corrected chi connectivity index (χ3v) is 3.58. The van der Waals surface area contributed by atoms with Crippen LogP contribution in [0, 0.1) is 11.8 Å². The largest absolute Gasteiger partial charge is 0.103 e. The maximum atomic E-state index is 3.88. The first-order valence-electron chi connectivity index (χ1n) is 6.35. The molecule has 0 amide bonds. The monoisotopic (exact) mass is 224 g/mol. The summed E-state index contributed by atoms with van der Waals surface area (Å²) < 4.78 is 0. The van der Waals surface area contributed by atoms with E-state index in [0.29, 0.717) is 0 Å². The summed E-state index contributed by atoms with van der Waals surface area (Å²) in [6.45, 7) is 7.64. The molecule has 0 aliphatic heterocycles. The molecule has 2 unspecified atom stereocenters. The molecule has 0 heteroatoms. The molecule has 0 nitrogen and oxygen atoms in total. The van der Waals surface area contributed by atoms with Gasteiger partial charge >= 0.3 is 0 Å². The van der Waals surface area contributed by atoms with Crippen LogP contribution in [0.4, 0.5) is 0 Å². The molecule has 1 aromatic rings. The van der Waals surface area contributed by atoms with Gasteiger partial charge in [0, 0.05) is 0 Å². The van der Waals surface area contributed by atoms with Crippen LogP contribution in [0.15, 0.2) is 49.6 Å². The van der Waals surface area contributed by atoms with Crippen molar-refractivity contribution in [3.8, 4) is 0 Å². The Kier molecular flexibility index (Phi) is 3.98. The molecule has 1 aliphatic carbocycles. The van der Waals surface area contributed by atoms with Crippen molar-refractivity contribution in [1.82, 2.24) is 0 Å². The topological polar surface area (TPSA) is 0 Å². The Hall–Kier alpha value is -1.56. The third-order valence-electron chi connectivity index (χ3n) is 3.58. The number of hydrogen-bond acceptors (Lipinski definition) is 0. The van der Waals surface area contributed by atoms with Crippen LogP contribution < -0.4 is 0 Å². The average Bonchev–Trinajstić information content (AvgIpc) is 2.85. The second kappa shape index (κ2) is 5.67. The maximum absolute atomic E-state index is 3.88. The summed E-state index contributed by atoms with van der Waals surface area (Å²) in [4.78, 5) is 0. The van der Waals surface area contributed by atoms with Crippen molar-refractivity contribution in [3.05, 3.63) is 60.7 Å². The lowest BCUT2D eigenvalue weighted by atomic mass is 10.0. The predicted molar refractivity (Wildman–Crippen MR) is 76.6 cm³/mol. The highest BCUT2D eigenvalue weighted by atomic mass is 14.2. The van der Waals surface area contributed by atoms with Crippen molar-refractivity contribution in [2.75, 3.05) is 0 Å². The van der Waals surface area contributed by atoms with Crippen molar-refractivity contribution in [2.45, 2.75) is 19.3 Å². The summed E-state index contributed by atoms with van der Waals surface area (Å²) in [5.41, 5.74) is 2.45. The van der Waals surface area contributed by atoms with E-state index in [-0.39, 0.29) is 0 Å². The Labute approximate surface area is 104 Å². The van der Waals surface area contributed by atoms with E-state index in [1.807, 2.05) is 6.08 Å². The fourth-order valence-electron chi connectivity index (χ4n) is 2.43. The van der Waals surface area contributed by atoms with Crippen molar-refractivity contribution in [2.24, 2.45) is 11.8 Å². The van der Waals surface area contributed by atoms with Gasteiger partial charge in [-0.05, 0) is 42.2 Å². The molecular formula is C17H20. The molecule has 2 atom stereocenters. The lowest BCUT2D eigenvalue weighted by Crippen LogP contribution is -1.89. The van der Waals surface area contributed by atoms with Crippen molar-refractivity contribution in [1.29, 1.82) is 0 Å². The van der Waals surface area contributed by atoms with Crippen molar-refractivity contribution in [3.63, 3.8) is 0 Å². The Bertz CT molecular complexity index is 408. The van der Waals surface area contributed by atoms with Gasteiger partial charge in [0.15, 0.2) is 0 Å². The van der Waals surface area contributed by atoms with Crippen LogP contribution in [0.25, 0.3) is 12.2 Å². The highest BCUT2D eigenvalue weighted by Crippen LogP contribution is 2.32. The first-order chi connectivity index (χ1) is 8.31. The van der Waals surface area contributed by atoms with Gasteiger partial charge in [-0.1, -0.05) is 55.1 Å². The van der Waals surface area contributed by atoms with Crippen molar-refractivity contribution < 1.29 is 0 Å². The summed E-state index contributed by atoms with van der Waals surface area (Å²) in [6.07, 6.45) is 12.4. The molecule has 0 radical (unpaired) electrons. The molecule has 2 rings (SSSR count). The van der Waals surface area contributed by atoms with Gasteiger partial charge in [-0.2, -0.15) is 0 Å². The number of allylic oxidation sites excluding steroid dienone is 2. The smallest absolute Gasteiger partial charge is 0.0224 e. The Morgan fingerprint density at radius 1 is 0.941 bits per heavy atom. The minimum absolute atomic E-state index is 0.729. The molecule has 0 N–H and O–H groups in total. The molecule has 1 saturated carbocycles. The van der Waals surface area contributed by atoms with E-state index in [1.54, 1.807) is 0 Å². The summed E-state index contributed by atoms with van der Waals surface area (Å²) in [5.74, 6) is 1.46. The highest BCUT2D eigenvalue weighted by Gasteiger charge is 2.19. The van der Waals surface area contributed by atoms with Crippen LogP contribution in [0.3, 0.4) is 0 Å². The Balaban J connectivity index is 1.95. The molecular weight excluding hydrogens is 204 g/mol. The van der Waals surface area contributed by atoms with Gasteiger partial charge < -0.3 is 0 Å². The van der Waals surface area contributed by atoms with Crippen LogP contribution in [0.1, 0.15) is 30.4 Å². The van der Waals surface area contributed by atoms with Crippen LogP contribution in [0.2, 0.25) is 0 Å². The Morgan fingerprint density at radius 3 is 2.18 bits per heavy atom. The van der Waals surface area contributed by atoms with Gasteiger partial charge in [-0.25, -0.2) is 0 Å². The standard InChI is InChI=1S/C17H20/c1-3-14-5-8-16(9-6-14)10-12-17-11-7-15(4-2)13-17/h3-6,8-10,12,15,17H,1-2,7,11,13H2. The van der Waals surface area contributed by atoms with Gasteiger partial charge in [-0.15, -0.1) is 6.58 Å². The molecule has 88 valence electrons. The first kappa shape index (κ1) is 11.9. The summed E-state index contributed by atoms with van der Waals surface area (Å²) in [6, 6.07) is 8.50. The molecule has 0 aromatic heterocycles. The lowest BCUT2D eigenvalue weighted by Gasteiger charge is -2.02. The Morgan fingerprint density at radius 2 is 1.59 bits per heavy atom. The van der Waals surface area contributed by atoms with Crippen LogP contribution in [-0.4, -0.2) is 0 Å². The zero-order valence-corrected chi connectivity index (χ0v) is 10.3. The second-order valence-electron chi connectivity index (χ2n) is 4.80. The van der Waals surface area contributed by atoms with Gasteiger partial charge in [-0.3, -0.25) is 0 Å². The number of rotatable bonds is 4. The summed E-state index contributed by atoms with van der Waals surface area (Å²) in [7, 11) is 0. The number of benzene rings is 1. The maximum Gasteiger partial charge on any atom is -0.0224 e. The molecule has 0 bridgehead atoms. The third kappa shape index (κ3) is 3.20. The normalized spacial score (nSPS) is 24.0. The van der Waals surface area contributed by atoms with E-state index in [1.165, 1.54) is 30.4 Å². The zero-order chi connectivity index (χ0) is 12.1. The van der Waals surface area contributed by atoms with E-state index in [4.69, 9.17) is 0 Å². The molecule has 17 heavy (non-hydrogen) atoms. The van der Waals surface area contributed by atoms with Gasteiger partial charge in [0.2, 0.25) is 0 Å². The van der Waals surface area contributed by atoms with E-state index in [0.717, 1.165) is 11.8 Å². The van der Waals surface area contributed by atoms with Crippen LogP contribution in [-0.2, 0) is 0 Å². The van der Waals surface area contributed by atoms with E-state index >= 15 is 0 Å². The molecule has 1 aliphatic rings. The molecule has 0 saturated heterocycles. The van der Waals surface area contributed by atoms with Crippen LogP contribution >= 0.6 is 0 Å². The van der Waals surface area contributed by atoms with E-state index in [9.17, 15) is 0 Å². The fraction of sp³-hybridized carbons (Fsp3) is 0.294. The molecule has 1 fully saturated rings. The summed E-state index contributed by atoms with van der Waals surface area (Å²) >= 11 is 0. The van der Waals surface area contributed by atoms with E-state index < -0.39 is 0 Å². The lowest BCUT2D eigenvalue weighted by molar-refractivity contribution is 0.641. The predicted octanol–water partition coefficient (Wildman–Crippen LogP) is 4.95. The average molecular weight is 224 g/mol. The first-order valence-corrected chi connectivity index (χ1v) is 6.35. The quantitative estimate of drug-likeness (QED) is 0.635. The molecule has 0 spiro atoms. The SMILES string of the molecule is C=Cc1ccc(C=CC2CCC(C=C)C2)cc1. The minimum Gasteiger partial charge on any atom is -0.103 e. The zero-order valence-electron chi connectivity index (χ0n) is 10.3. The van der Waals surface area contributed by atoms with Crippen LogP contribution in [0.5, 0.6) is 0 Å². The molecule has 0 heterocycles. The fourth-order valence-corrected chi connectivity index (χ4v) is 2.43.